The molecule has 0 spiro atoms. The Kier molecular flexibility index (Phi) is 2.84. The highest BCUT2D eigenvalue weighted by Crippen LogP contribution is 2.47. The Morgan fingerprint density at radius 2 is 2.25 bits per heavy atom. The van der Waals surface area contributed by atoms with Gasteiger partial charge in [-0.2, -0.15) is 0 Å². The highest BCUT2D eigenvalue weighted by molar-refractivity contribution is 8.00. The Balaban J connectivity index is 2.13. The van der Waals surface area contributed by atoms with Gasteiger partial charge < -0.3 is 9.84 Å². The Hall–Kier alpha value is -1.16. The van der Waals surface area contributed by atoms with E-state index in [1.165, 1.54) is 0 Å². The largest absolute Gasteiger partial charge is 0.481 e. The minimum Gasteiger partial charge on any atom is -0.481 e. The summed E-state index contributed by atoms with van der Waals surface area (Å²) < 4.78 is 5.76. The van der Waals surface area contributed by atoms with Crippen LogP contribution in [0.15, 0.2) is 23.1 Å². The van der Waals surface area contributed by atoms with Crippen molar-refractivity contribution in [2.75, 3.05) is 0 Å². The van der Waals surface area contributed by atoms with Gasteiger partial charge in [0, 0.05) is 6.42 Å². The third kappa shape index (κ3) is 2.50. The Bertz CT molecular complexity index is 426. The summed E-state index contributed by atoms with van der Waals surface area (Å²) in [7, 11) is 0. The predicted octanol–water partition coefficient (Wildman–Crippen LogP) is 2.92. The van der Waals surface area contributed by atoms with E-state index in [1.807, 2.05) is 32.0 Å². The number of fused-ring (bicyclic) bond motifs is 1. The van der Waals surface area contributed by atoms with Crippen molar-refractivity contribution in [2.24, 2.45) is 0 Å². The molecule has 1 aromatic rings. The maximum Gasteiger partial charge on any atom is 0.303 e. The number of carbonyl (C=O) groups is 1. The van der Waals surface area contributed by atoms with Gasteiger partial charge in [-0.05, 0) is 38.0 Å². The average molecular weight is 238 g/mol. The number of ether oxygens (including phenoxy) is 1. The van der Waals surface area contributed by atoms with Crippen molar-refractivity contribution in [3.63, 3.8) is 0 Å². The van der Waals surface area contributed by atoms with Crippen LogP contribution in [0.5, 0.6) is 5.75 Å². The van der Waals surface area contributed by atoms with Crippen molar-refractivity contribution in [3.8, 4) is 5.75 Å². The lowest BCUT2D eigenvalue weighted by Crippen LogP contribution is -2.18. The molecule has 0 unspecified atom stereocenters. The summed E-state index contributed by atoms with van der Waals surface area (Å²) in [6, 6.07) is 5.92. The zero-order valence-corrected chi connectivity index (χ0v) is 10.1. The SMILES string of the molecule is CC1(C)Oc2cc(CCC(=O)O)ccc2S1. The van der Waals surface area contributed by atoms with Crippen molar-refractivity contribution >= 4 is 17.7 Å². The van der Waals surface area contributed by atoms with Crippen LogP contribution >= 0.6 is 11.8 Å². The molecule has 0 amide bonds. The van der Waals surface area contributed by atoms with Crippen LogP contribution in [0.1, 0.15) is 25.8 Å². The third-order valence-corrected chi connectivity index (χ3v) is 3.48. The van der Waals surface area contributed by atoms with Crippen molar-refractivity contribution in [2.45, 2.75) is 36.5 Å². The highest BCUT2D eigenvalue weighted by atomic mass is 32.2. The van der Waals surface area contributed by atoms with Gasteiger partial charge >= 0.3 is 5.97 Å². The fraction of sp³-hybridized carbons (Fsp3) is 0.417. The molecular weight excluding hydrogens is 224 g/mol. The van der Waals surface area contributed by atoms with Crippen LogP contribution in [-0.2, 0) is 11.2 Å². The van der Waals surface area contributed by atoms with Crippen LogP contribution in [0, 0.1) is 0 Å². The summed E-state index contributed by atoms with van der Waals surface area (Å²) in [5, 5.41) is 8.62. The first kappa shape index (κ1) is 11.3. The second-order valence-electron chi connectivity index (χ2n) is 4.28. The first-order valence-corrected chi connectivity index (χ1v) is 6.01. The number of carboxylic acids is 1. The minimum atomic E-state index is -0.767. The highest BCUT2D eigenvalue weighted by Gasteiger charge is 2.30. The fourth-order valence-electron chi connectivity index (χ4n) is 1.67. The second-order valence-corrected chi connectivity index (χ2v) is 5.91. The zero-order valence-electron chi connectivity index (χ0n) is 9.32. The van der Waals surface area contributed by atoms with Crippen molar-refractivity contribution in [3.05, 3.63) is 23.8 Å². The van der Waals surface area contributed by atoms with Crippen LogP contribution in [0.3, 0.4) is 0 Å². The van der Waals surface area contributed by atoms with Crippen molar-refractivity contribution < 1.29 is 14.6 Å². The van der Waals surface area contributed by atoms with Crippen molar-refractivity contribution in [1.29, 1.82) is 0 Å². The fourth-order valence-corrected chi connectivity index (χ4v) is 2.67. The van der Waals surface area contributed by atoms with Crippen LogP contribution in [0.25, 0.3) is 0 Å². The number of thioether (sulfide) groups is 1. The second kappa shape index (κ2) is 4.01. The molecule has 3 nitrogen and oxygen atoms in total. The molecule has 0 bridgehead atoms. The van der Waals surface area contributed by atoms with Gasteiger partial charge in [-0.15, -0.1) is 0 Å². The summed E-state index contributed by atoms with van der Waals surface area (Å²) in [6.07, 6.45) is 0.715. The van der Waals surface area contributed by atoms with E-state index in [4.69, 9.17) is 9.84 Å². The van der Waals surface area contributed by atoms with Crippen LogP contribution < -0.4 is 4.74 Å². The third-order valence-electron chi connectivity index (χ3n) is 2.35. The smallest absolute Gasteiger partial charge is 0.303 e. The van der Waals surface area contributed by atoms with E-state index in [0.717, 1.165) is 16.2 Å². The lowest BCUT2D eigenvalue weighted by molar-refractivity contribution is -0.136. The van der Waals surface area contributed by atoms with Gasteiger partial charge in [-0.3, -0.25) is 4.79 Å². The Labute approximate surface area is 98.8 Å². The average Bonchev–Trinajstić information content (AvgIpc) is 2.47. The molecule has 0 saturated heterocycles. The molecule has 1 aliphatic heterocycles. The molecule has 86 valence electrons. The Morgan fingerprint density at radius 3 is 2.94 bits per heavy atom. The summed E-state index contributed by atoms with van der Waals surface area (Å²) in [6.45, 7) is 4.04. The molecule has 1 aromatic carbocycles. The molecule has 0 atom stereocenters. The Morgan fingerprint density at radius 1 is 1.50 bits per heavy atom. The van der Waals surface area contributed by atoms with Gasteiger partial charge in [-0.1, -0.05) is 17.8 Å². The van der Waals surface area contributed by atoms with Gasteiger partial charge in [-0.25, -0.2) is 0 Å². The summed E-state index contributed by atoms with van der Waals surface area (Å²) >= 11 is 1.69. The normalized spacial score (nSPS) is 16.6. The first-order chi connectivity index (χ1) is 7.46. The van der Waals surface area contributed by atoms with Crippen LogP contribution in [0.2, 0.25) is 0 Å². The van der Waals surface area contributed by atoms with Gasteiger partial charge in [0.05, 0.1) is 4.90 Å². The molecule has 1 heterocycles. The van der Waals surface area contributed by atoms with Gasteiger partial charge in [0.2, 0.25) is 0 Å². The molecule has 0 fully saturated rings. The van der Waals surface area contributed by atoms with Crippen molar-refractivity contribution in [1.82, 2.24) is 0 Å². The molecule has 0 saturated carbocycles. The molecule has 2 rings (SSSR count). The van der Waals surface area contributed by atoms with E-state index < -0.39 is 5.97 Å². The first-order valence-electron chi connectivity index (χ1n) is 5.19. The maximum absolute atomic E-state index is 10.5. The molecule has 1 aliphatic rings. The zero-order chi connectivity index (χ0) is 11.8. The molecule has 1 N–H and O–H groups in total. The number of benzene rings is 1. The summed E-state index contributed by atoms with van der Waals surface area (Å²) in [4.78, 5) is 11.4. The monoisotopic (exact) mass is 238 g/mol. The van der Waals surface area contributed by atoms with Crippen LogP contribution in [0.4, 0.5) is 0 Å². The van der Waals surface area contributed by atoms with E-state index in [9.17, 15) is 4.79 Å². The van der Waals surface area contributed by atoms with E-state index in [0.29, 0.717) is 6.42 Å². The molecular formula is C12H14O3S. The lowest BCUT2D eigenvalue weighted by atomic mass is 10.1. The quantitative estimate of drug-likeness (QED) is 0.879. The van der Waals surface area contributed by atoms with E-state index in [-0.39, 0.29) is 11.4 Å². The summed E-state index contributed by atoms with van der Waals surface area (Å²) in [5.74, 6) is 0.106. The number of rotatable bonds is 3. The van der Waals surface area contributed by atoms with E-state index in [1.54, 1.807) is 11.8 Å². The predicted molar refractivity (Wildman–Crippen MR) is 63.0 cm³/mol. The van der Waals surface area contributed by atoms with Crippen LogP contribution in [-0.4, -0.2) is 16.0 Å². The van der Waals surface area contributed by atoms with E-state index in [2.05, 4.69) is 0 Å². The molecule has 0 radical (unpaired) electrons. The summed E-state index contributed by atoms with van der Waals surface area (Å²) in [5.41, 5.74) is 1.01. The number of carboxylic acid groups (broad SMARTS) is 1. The van der Waals surface area contributed by atoms with Gasteiger partial charge in [0.15, 0.2) is 4.93 Å². The number of hydrogen-bond donors (Lipinski definition) is 1. The number of hydrogen-bond acceptors (Lipinski definition) is 3. The lowest BCUT2D eigenvalue weighted by Gasteiger charge is -2.15. The van der Waals surface area contributed by atoms with E-state index >= 15 is 0 Å². The molecule has 16 heavy (non-hydrogen) atoms. The van der Waals surface area contributed by atoms with Gasteiger partial charge in [0.1, 0.15) is 5.75 Å². The topological polar surface area (TPSA) is 46.5 Å². The standard InChI is InChI=1S/C12H14O3S/c1-12(2)15-9-7-8(4-6-11(13)14)3-5-10(9)16-12/h3,5,7H,4,6H2,1-2H3,(H,13,14). The molecule has 0 aromatic heterocycles. The maximum atomic E-state index is 10.5. The molecule has 4 heteroatoms. The number of aryl methyl sites for hydroxylation is 1. The molecule has 0 aliphatic carbocycles. The number of aliphatic carboxylic acids is 1. The minimum absolute atomic E-state index is 0.162. The van der Waals surface area contributed by atoms with Gasteiger partial charge in [0.25, 0.3) is 0 Å².